The van der Waals surface area contributed by atoms with E-state index in [9.17, 15) is 4.79 Å². The van der Waals surface area contributed by atoms with Crippen LogP contribution in [0.1, 0.15) is 37.5 Å². The Morgan fingerprint density at radius 3 is 2.57 bits per heavy atom. The Morgan fingerprint density at radius 1 is 1.14 bits per heavy atom. The Hall–Kier alpha value is -2.24. The molecule has 2 aliphatic rings. The summed E-state index contributed by atoms with van der Waals surface area (Å²) in [6.07, 6.45) is 1.67. The number of hydrogen-bond donors (Lipinski definition) is 0. The van der Waals surface area contributed by atoms with E-state index in [1.165, 1.54) is 5.56 Å². The minimum absolute atomic E-state index is 0.0148. The van der Waals surface area contributed by atoms with Gasteiger partial charge in [0.05, 0.1) is 12.3 Å². The normalized spacial score (nSPS) is 18.1. The van der Waals surface area contributed by atoms with Crippen molar-refractivity contribution in [3.05, 3.63) is 70.4 Å². The Labute approximate surface area is 171 Å². The molecule has 1 fully saturated rings. The highest BCUT2D eigenvalue weighted by Crippen LogP contribution is 2.32. The van der Waals surface area contributed by atoms with E-state index in [-0.39, 0.29) is 5.91 Å². The molecule has 2 heterocycles. The number of benzene rings is 2. The Morgan fingerprint density at radius 2 is 1.89 bits per heavy atom. The van der Waals surface area contributed by atoms with Crippen molar-refractivity contribution in [2.45, 2.75) is 45.8 Å². The molecule has 0 bridgehead atoms. The molecule has 4 nitrogen and oxygen atoms in total. The monoisotopic (exact) mass is 395 g/mol. The third-order valence-corrected chi connectivity index (χ3v) is 5.76. The van der Waals surface area contributed by atoms with Gasteiger partial charge in [0.15, 0.2) is 0 Å². The van der Waals surface area contributed by atoms with E-state index >= 15 is 0 Å². The lowest BCUT2D eigenvalue weighted by Crippen LogP contribution is -2.36. The standard InChI is InChI=1S/C22H23BClNO3/c1-14-22(3,4)28-23(27-14)19-8-7-18-13-25(15(2)26)21-10-9-20(24)12-17(21)6-5-16(18)11-19/h7-12H,1,5-6,13H2,2-4H3. The van der Waals surface area contributed by atoms with E-state index in [0.29, 0.717) is 17.3 Å². The first-order valence-electron chi connectivity index (χ1n) is 9.47. The molecule has 1 saturated heterocycles. The van der Waals surface area contributed by atoms with Gasteiger partial charge in [0.1, 0.15) is 5.60 Å². The number of anilines is 1. The maximum atomic E-state index is 12.3. The van der Waals surface area contributed by atoms with Gasteiger partial charge in [-0.15, -0.1) is 0 Å². The van der Waals surface area contributed by atoms with Crippen LogP contribution in [-0.4, -0.2) is 18.6 Å². The smallest absolute Gasteiger partial charge is 0.534 e. The summed E-state index contributed by atoms with van der Waals surface area (Å²) in [7, 11) is -0.455. The van der Waals surface area contributed by atoms with E-state index in [1.807, 2.05) is 43.0 Å². The van der Waals surface area contributed by atoms with Crippen LogP contribution in [0.25, 0.3) is 0 Å². The van der Waals surface area contributed by atoms with Gasteiger partial charge in [-0.05, 0) is 67.0 Å². The zero-order chi connectivity index (χ0) is 20.1. The van der Waals surface area contributed by atoms with Gasteiger partial charge in [0, 0.05) is 17.6 Å². The summed E-state index contributed by atoms with van der Waals surface area (Å²) in [4.78, 5) is 14.2. The van der Waals surface area contributed by atoms with Gasteiger partial charge < -0.3 is 14.2 Å². The maximum Gasteiger partial charge on any atom is 0.563 e. The summed E-state index contributed by atoms with van der Waals surface area (Å²) >= 11 is 6.21. The molecular weight excluding hydrogens is 373 g/mol. The number of rotatable bonds is 1. The molecule has 0 saturated carbocycles. The lowest BCUT2D eigenvalue weighted by atomic mass is 9.77. The van der Waals surface area contributed by atoms with Gasteiger partial charge in [-0.1, -0.05) is 36.4 Å². The minimum Gasteiger partial charge on any atom is -0.534 e. The fourth-order valence-corrected chi connectivity index (χ4v) is 3.96. The molecule has 0 aromatic heterocycles. The first-order valence-corrected chi connectivity index (χ1v) is 9.84. The summed E-state index contributed by atoms with van der Waals surface area (Å²) in [5.41, 5.74) is 4.81. The molecule has 0 unspecified atom stereocenters. The number of aryl methyl sites for hydroxylation is 2. The van der Waals surface area contributed by atoms with Crippen LogP contribution in [0.5, 0.6) is 0 Å². The largest absolute Gasteiger partial charge is 0.563 e. The van der Waals surface area contributed by atoms with Gasteiger partial charge in [0.25, 0.3) is 0 Å². The van der Waals surface area contributed by atoms with Crippen LogP contribution in [0, 0.1) is 0 Å². The summed E-state index contributed by atoms with van der Waals surface area (Å²) in [6.45, 7) is 9.99. The molecule has 0 radical (unpaired) electrons. The first-order chi connectivity index (χ1) is 13.2. The Balaban J connectivity index is 1.69. The van der Waals surface area contributed by atoms with Crippen LogP contribution in [0.2, 0.25) is 5.02 Å². The third kappa shape index (κ3) is 3.45. The fourth-order valence-electron chi connectivity index (χ4n) is 3.77. The van der Waals surface area contributed by atoms with E-state index < -0.39 is 12.7 Å². The molecule has 2 aliphatic heterocycles. The average Bonchev–Trinajstić information content (AvgIpc) is 2.90. The Bertz CT molecular complexity index is 972. The van der Waals surface area contributed by atoms with E-state index in [0.717, 1.165) is 35.1 Å². The average molecular weight is 396 g/mol. The van der Waals surface area contributed by atoms with Crippen LogP contribution in [0.3, 0.4) is 0 Å². The highest BCUT2D eigenvalue weighted by molar-refractivity contribution is 6.62. The van der Waals surface area contributed by atoms with E-state index in [1.54, 1.807) is 6.92 Å². The summed E-state index contributed by atoms with van der Waals surface area (Å²) < 4.78 is 11.9. The van der Waals surface area contributed by atoms with Crippen molar-refractivity contribution >= 4 is 35.8 Å². The second kappa shape index (κ2) is 6.98. The zero-order valence-electron chi connectivity index (χ0n) is 16.4. The second-order valence-electron chi connectivity index (χ2n) is 7.91. The predicted molar refractivity (Wildman–Crippen MR) is 113 cm³/mol. The lowest BCUT2D eigenvalue weighted by Gasteiger charge is -2.28. The molecule has 144 valence electrons. The van der Waals surface area contributed by atoms with E-state index in [2.05, 4.69) is 18.7 Å². The molecule has 4 rings (SSSR count). The van der Waals surface area contributed by atoms with Gasteiger partial charge in [-0.2, -0.15) is 0 Å². The van der Waals surface area contributed by atoms with Crippen LogP contribution < -0.4 is 10.4 Å². The van der Waals surface area contributed by atoms with Crippen molar-refractivity contribution in [2.75, 3.05) is 4.90 Å². The predicted octanol–water partition coefficient (Wildman–Crippen LogP) is 4.03. The maximum absolute atomic E-state index is 12.3. The molecule has 0 aliphatic carbocycles. The van der Waals surface area contributed by atoms with Crippen molar-refractivity contribution in [1.29, 1.82) is 0 Å². The highest BCUT2D eigenvalue weighted by atomic mass is 35.5. The Kier molecular flexibility index (Phi) is 4.76. The van der Waals surface area contributed by atoms with Crippen LogP contribution >= 0.6 is 11.6 Å². The molecular formula is C22H23BClNO3. The van der Waals surface area contributed by atoms with Gasteiger partial charge in [0.2, 0.25) is 5.91 Å². The molecule has 0 N–H and O–H groups in total. The number of nitrogens with zero attached hydrogens (tertiary/aromatic N) is 1. The third-order valence-electron chi connectivity index (χ3n) is 5.53. The summed E-state index contributed by atoms with van der Waals surface area (Å²) in [5, 5.41) is 0.685. The number of carbonyl (C=O) groups excluding carboxylic acids is 1. The van der Waals surface area contributed by atoms with Crippen molar-refractivity contribution in [2.24, 2.45) is 0 Å². The molecule has 0 spiro atoms. The van der Waals surface area contributed by atoms with Crippen LogP contribution in [-0.2, 0) is 33.5 Å². The second-order valence-corrected chi connectivity index (χ2v) is 8.34. The minimum atomic E-state index is -0.504. The van der Waals surface area contributed by atoms with Gasteiger partial charge in [-0.25, -0.2) is 0 Å². The number of halogens is 1. The first kappa shape index (κ1) is 19.1. The van der Waals surface area contributed by atoms with Crippen molar-refractivity contribution in [1.82, 2.24) is 0 Å². The molecule has 28 heavy (non-hydrogen) atoms. The molecule has 6 heteroatoms. The summed E-state index contributed by atoms with van der Waals surface area (Å²) in [6, 6.07) is 11.9. The zero-order valence-corrected chi connectivity index (χ0v) is 17.2. The molecule has 2 aromatic carbocycles. The fraction of sp³-hybridized carbons (Fsp3) is 0.318. The number of carbonyl (C=O) groups is 1. The molecule has 0 atom stereocenters. The van der Waals surface area contributed by atoms with Crippen LogP contribution in [0.15, 0.2) is 48.7 Å². The number of hydrogen-bond acceptors (Lipinski definition) is 3. The number of amides is 1. The van der Waals surface area contributed by atoms with Crippen molar-refractivity contribution in [3.8, 4) is 0 Å². The topological polar surface area (TPSA) is 38.8 Å². The van der Waals surface area contributed by atoms with Gasteiger partial charge >= 0.3 is 7.12 Å². The highest BCUT2D eigenvalue weighted by Gasteiger charge is 2.43. The van der Waals surface area contributed by atoms with Crippen molar-refractivity contribution < 1.29 is 14.1 Å². The van der Waals surface area contributed by atoms with E-state index in [4.69, 9.17) is 20.9 Å². The molecule has 1 amide bonds. The molecule has 2 aromatic rings. The van der Waals surface area contributed by atoms with Crippen LogP contribution in [0.4, 0.5) is 5.69 Å². The number of fused-ring (bicyclic) bond motifs is 2. The SMILES string of the molecule is C=C1OB(c2ccc3c(c2)CCc2cc(Cl)ccc2N(C(C)=O)C3)OC1(C)C. The van der Waals surface area contributed by atoms with Crippen molar-refractivity contribution in [3.63, 3.8) is 0 Å². The lowest BCUT2D eigenvalue weighted by molar-refractivity contribution is -0.116. The van der Waals surface area contributed by atoms with Gasteiger partial charge in [-0.3, -0.25) is 4.79 Å². The summed E-state index contributed by atoms with van der Waals surface area (Å²) in [5.74, 6) is 0.650. The quantitative estimate of drug-likeness (QED) is 0.684.